The average molecular weight is 303 g/mol. The number of nitrogens with zero attached hydrogens (tertiary/aromatic N) is 3. The molecule has 1 unspecified atom stereocenters. The van der Waals surface area contributed by atoms with E-state index in [4.69, 9.17) is 5.26 Å². The second kappa shape index (κ2) is 7.48. The predicted molar refractivity (Wildman–Crippen MR) is 85.2 cm³/mol. The van der Waals surface area contributed by atoms with Gasteiger partial charge in [-0.2, -0.15) is 5.26 Å². The van der Waals surface area contributed by atoms with Crippen molar-refractivity contribution < 1.29 is 4.79 Å². The molecule has 21 heavy (non-hydrogen) atoms. The molecule has 1 aromatic carbocycles. The van der Waals surface area contributed by atoms with Crippen molar-refractivity contribution in [2.75, 3.05) is 32.7 Å². The van der Waals surface area contributed by atoms with Gasteiger partial charge in [-0.15, -0.1) is 11.8 Å². The molecule has 0 radical (unpaired) electrons. The minimum atomic E-state index is -0.160. The van der Waals surface area contributed by atoms with Crippen LogP contribution in [0.3, 0.4) is 0 Å². The molecule has 112 valence electrons. The predicted octanol–water partition coefficient (Wildman–Crippen LogP) is 2.20. The Bertz CT molecular complexity index is 533. The summed E-state index contributed by atoms with van der Waals surface area (Å²) < 4.78 is 0. The van der Waals surface area contributed by atoms with Crippen LogP contribution in [0.1, 0.15) is 19.4 Å². The van der Waals surface area contributed by atoms with E-state index >= 15 is 0 Å². The number of amides is 1. The second-order valence-electron chi connectivity index (χ2n) is 5.13. The summed E-state index contributed by atoms with van der Waals surface area (Å²) in [5, 5.41) is 8.95. The maximum Gasteiger partial charge on any atom is 0.235 e. The standard InChI is InChI=1S/C16H21N3OS/c1-3-18-8-10-19(11-9-18)16(20)13(2)21-15-7-5-4-6-14(15)12-17/h4-7,13H,3,8-11H2,1-2H3. The first-order chi connectivity index (χ1) is 10.2. The summed E-state index contributed by atoms with van der Waals surface area (Å²) in [7, 11) is 0. The van der Waals surface area contributed by atoms with Crippen LogP contribution < -0.4 is 0 Å². The van der Waals surface area contributed by atoms with Crippen molar-refractivity contribution in [2.24, 2.45) is 0 Å². The molecule has 1 amide bonds. The van der Waals surface area contributed by atoms with Crippen LogP contribution in [0.25, 0.3) is 0 Å². The van der Waals surface area contributed by atoms with E-state index in [2.05, 4.69) is 17.9 Å². The summed E-state index contributed by atoms with van der Waals surface area (Å²) in [4.78, 5) is 17.7. The van der Waals surface area contributed by atoms with Crippen molar-refractivity contribution in [3.63, 3.8) is 0 Å². The number of rotatable bonds is 4. The molecule has 1 fully saturated rings. The molecule has 1 aromatic rings. The van der Waals surface area contributed by atoms with E-state index in [1.807, 2.05) is 30.0 Å². The summed E-state index contributed by atoms with van der Waals surface area (Å²) >= 11 is 1.48. The molecular weight excluding hydrogens is 282 g/mol. The van der Waals surface area contributed by atoms with Gasteiger partial charge in [0.2, 0.25) is 5.91 Å². The molecule has 0 aromatic heterocycles. The maximum atomic E-state index is 12.5. The highest BCUT2D eigenvalue weighted by Crippen LogP contribution is 2.27. The zero-order valence-electron chi connectivity index (χ0n) is 12.6. The fraction of sp³-hybridized carbons (Fsp3) is 0.500. The van der Waals surface area contributed by atoms with Crippen LogP contribution in [0.4, 0.5) is 0 Å². The summed E-state index contributed by atoms with van der Waals surface area (Å²) in [6.07, 6.45) is 0. The highest BCUT2D eigenvalue weighted by Gasteiger charge is 2.25. The Morgan fingerprint density at radius 1 is 1.33 bits per heavy atom. The molecule has 5 heteroatoms. The Labute approximate surface area is 130 Å². The lowest BCUT2D eigenvalue weighted by atomic mass is 10.2. The number of nitriles is 1. The Hall–Kier alpha value is -1.51. The zero-order chi connectivity index (χ0) is 15.2. The Morgan fingerprint density at radius 2 is 2.00 bits per heavy atom. The number of piperazine rings is 1. The van der Waals surface area contributed by atoms with Crippen molar-refractivity contribution in [1.82, 2.24) is 9.80 Å². The van der Waals surface area contributed by atoms with Crippen molar-refractivity contribution >= 4 is 17.7 Å². The molecule has 1 aliphatic heterocycles. The average Bonchev–Trinajstić information content (AvgIpc) is 2.54. The summed E-state index contributed by atoms with van der Waals surface area (Å²) in [5.41, 5.74) is 0.637. The molecule has 1 atom stereocenters. The van der Waals surface area contributed by atoms with Crippen molar-refractivity contribution in [3.05, 3.63) is 29.8 Å². The smallest absolute Gasteiger partial charge is 0.235 e. The van der Waals surface area contributed by atoms with Gasteiger partial charge in [-0.05, 0) is 25.6 Å². The number of likely N-dealkylation sites (N-methyl/N-ethyl adjacent to an activating group) is 1. The number of carbonyl (C=O) groups excluding carboxylic acids is 1. The number of hydrogen-bond donors (Lipinski definition) is 0. The zero-order valence-corrected chi connectivity index (χ0v) is 13.4. The van der Waals surface area contributed by atoms with E-state index in [1.165, 1.54) is 11.8 Å². The van der Waals surface area contributed by atoms with Gasteiger partial charge in [-0.3, -0.25) is 4.79 Å². The quantitative estimate of drug-likeness (QED) is 0.800. The molecule has 0 N–H and O–H groups in total. The van der Waals surface area contributed by atoms with E-state index in [0.717, 1.165) is 37.6 Å². The van der Waals surface area contributed by atoms with Crippen LogP contribution >= 0.6 is 11.8 Å². The molecule has 0 bridgehead atoms. The van der Waals surface area contributed by atoms with E-state index in [9.17, 15) is 4.79 Å². The largest absolute Gasteiger partial charge is 0.339 e. The monoisotopic (exact) mass is 303 g/mol. The van der Waals surface area contributed by atoms with Crippen LogP contribution in [0.15, 0.2) is 29.2 Å². The molecule has 1 heterocycles. The van der Waals surface area contributed by atoms with Crippen LogP contribution in [-0.4, -0.2) is 53.7 Å². The molecular formula is C16H21N3OS. The summed E-state index contributed by atoms with van der Waals surface area (Å²) in [5.74, 6) is 0.170. The third-order valence-electron chi connectivity index (χ3n) is 3.79. The van der Waals surface area contributed by atoms with Gasteiger partial charge in [-0.25, -0.2) is 0 Å². The Balaban J connectivity index is 1.96. The number of carbonyl (C=O) groups is 1. The molecule has 2 rings (SSSR count). The molecule has 1 aliphatic rings. The highest BCUT2D eigenvalue weighted by atomic mass is 32.2. The van der Waals surface area contributed by atoms with Gasteiger partial charge in [0.25, 0.3) is 0 Å². The third kappa shape index (κ3) is 3.99. The van der Waals surface area contributed by atoms with E-state index in [1.54, 1.807) is 6.07 Å². The van der Waals surface area contributed by atoms with Crippen LogP contribution in [-0.2, 0) is 4.79 Å². The SMILES string of the molecule is CCN1CCN(C(=O)C(C)Sc2ccccc2C#N)CC1. The lowest BCUT2D eigenvalue weighted by molar-refractivity contribution is -0.132. The molecule has 0 aliphatic carbocycles. The fourth-order valence-corrected chi connectivity index (χ4v) is 3.47. The van der Waals surface area contributed by atoms with Crippen molar-refractivity contribution in [2.45, 2.75) is 24.0 Å². The van der Waals surface area contributed by atoms with E-state index in [0.29, 0.717) is 5.56 Å². The van der Waals surface area contributed by atoms with Gasteiger partial charge in [0.05, 0.1) is 10.8 Å². The lowest BCUT2D eigenvalue weighted by Crippen LogP contribution is -2.50. The highest BCUT2D eigenvalue weighted by molar-refractivity contribution is 8.00. The second-order valence-corrected chi connectivity index (χ2v) is 6.51. The van der Waals surface area contributed by atoms with Crippen LogP contribution in [0, 0.1) is 11.3 Å². The molecule has 1 saturated heterocycles. The van der Waals surface area contributed by atoms with E-state index < -0.39 is 0 Å². The topological polar surface area (TPSA) is 47.3 Å². The number of hydrogen-bond acceptors (Lipinski definition) is 4. The van der Waals surface area contributed by atoms with Gasteiger partial charge in [-0.1, -0.05) is 19.1 Å². The van der Waals surface area contributed by atoms with E-state index in [-0.39, 0.29) is 11.2 Å². The Morgan fingerprint density at radius 3 is 2.62 bits per heavy atom. The van der Waals surface area contributed by atoms with Gasteiger partial charge >= 0.3 is 0 Å². The molecule has 0 saturated carbocycles. The third-order valence-corrected chi connectivity index (χ3v) is 4.96. The van der Waals surface area contributed by atoms with Gasteiger partial charge in [0.1, 0.15) is 6.07 Å². The van der Waals surface area contributed by atoms with Crippen LogP contribution in [0.5, 0.6) is 0 Å². The lowest BCUT2D eigenvalue weighted by Gasteiger charge is -2.35. The van der Waals surface area contributed by atoms with Crippen LogP contribution in [0.2, 0.25) is 0 Å². The summed E-state index contributed by atoms with van der Waals surface area (Å²) in [6, 6.07) is 9.63. The number of thioether (sulfide) groups is 1. The molecule has 4 nitrogen and oxygen atoms in total. The fourth-order valence-electron chi connectivity index (χ4n) is 2.44. The first-order valence-electron chi connectivity index (χ1n) is 7.32. The van der Waals surface area contributed by atoms with Gasteiger partial charge in [0, 0.05) is 31.1 Å². The normalized spacial score (nSPS) is 17.3. The first-order valence-corrected chi connectivity index (χ1v) is 8.20. The van der Waals surface area contributed by atoms with Gasteiger partial charge in [0.15, 0.2) is 0 Å². The minimum Gasteiger partial charge on any atom is -0.339 e. The Kier molecular flexibility index (Phi) is 5.66. The maximum absolute atomic E-state index is 12.5. The van der Waals surface area contributed by atoms with Crippen molar-refractivity contribution in [3.8, 4) is 6.07 Å². The van der Waals surface area contributed by atoms with Crippen molar-refractivity contribution in [1.29, 1.82) is 5.26 Å². The van der Waals surface area contributed by atoms with Gasteiger partial charge < -0.3 is 9.80 Å². The molecule has 0 spiro atoms. The first kappa shape index (κ1) is 15.9. The summed E-state index contributed by atoms with van der Waals surface area (Å²) in [6.45, 7) is 8.63. The number of benzene rings is 1. The minimum absolute atomic E-state index is 0.160.